The molecule has 60 valence electrons. The van der Waals surface area contributed by atoms with Gasteiger partial charge in [-0.05, 0) is 12.8 Å². The molecule has 10 heavy (non-hydrogen) atoms. The fourth-order valence-electron chi connectivity index (χ4n) is 1.12. The molecule has 0 aromatic rings. The van der Waals surface area contributed by atoms with Crippen LogP contribution in [-0.2, 0) is 9.47 Å². The smallest absolute Gasteiger partial charge is 0.155 e. The zero-order valence-corrected chi connectivity index (χ0v) is 6.96. The van der Waals surface area contributed by atoms with E-state index in [4.69, 9.17) is 9.47 Å². The van der Waals surface area contributed by atoms with E-state index in [1.54, 1.807) is 0 Å². The molecule has 1 rings (SSSR count). The highest BCUT2D eigenvalue weighted by Gasteiger charge is 2.26. The number of ether oxygens (including phenoxy) is 2. The Hall–Kier alpha value is -0.0800. The predicted molar refractivity (Wildman–Crippen MR) is 39.7 cm³/mol. The van der Waals surface area contributed by atoms with Crippen LogP contribution in [0.3, 0.4) is 0 Å². The number of hydrogen-bond acceptors (Lipinski definition) is 2. The molecule has 2 nitrogen and oxygen atoms in total. The predicted octanol–water partition coefficient (Wildman–Crippen LogP) is 1.79. The van der Waals surface area contributed by atoms with E-state index in [1.807, 2.05) is 6.92 Å². The van der Waals surface area contributed by atoms with Gasteiger partial charge in [0.15, 0.2) is 6.29 Å². The third-order valence-corrected chi connectivity index (χ3v) is 2.14. The van der Waals surface area contributed by atoms with Crippen molar-refractivity contribution in [2.75, 3.05) is 6.61 Å². The van der Waals surface area contributed by atoms with Gasteiger partial charge in [0, 0.05) is 0 Å². The first-order valence-electron chi connectivity index (χ1n) is 4.01. The van der Waals surface area contributed by atoms with Crippen molar-refractivity contribution in [1.82, 2.24) is 0 Å². The minimum Gasteiger partial charge on any atom is -0.350 e. The summed E-state index contributed by atoms with van der Waals surface area (Å²) in [6, 6.07) is 0. The highest BCUT2D eigenvalue weighted by Crippen LogP contribution is 2.19. The van der Waals surface area contributed by atoms with Gasteiger partial charge in [-0.3, -0.25) is 0 Å². The summed E-state index contributed by atoms with van der Waals surface area (Å²) in [4.78, 5) is 0. The van der Waals surface area contributed by atoms with Gasteiger partial charge in [-0.25, -0.2) is 0 Å². The van der Waals surface area contributed by atoms with Crippen molar-refractivity contribution in [3.8, 4) is 0 Å². The molecule has 0 aromatic heterocycles. The maximum absolute atomic E-state index is 5.49. The van der Waals surface area contributed by atoms with Gasteiger partial charge in [0.1, 0.15) is 0 Å². The first kappa shape index (κ1) is 8.02. The molecule has 1 aliphatic heterocycles. The molecule has 0 N–H and O–H groups in total. The molecular formula is C8H16O2. The first-order chi connectivity index (χ1) is 4.74. The van der Waals surface area contributed by atoms with Crippen LogP contribution in [0.25, 0.3) is 0 Å². The molecule has 3 atom stereocenters. The Morgan fingerprint density at radius 2 is 2.30 bits per heavy atom. The van der Waals surface area contributed by atoms with E-state index >= 15 is 0 Å². The van der Waals surface area contributed by atoms with Gasteiger partial charge in [-0.1, -0.05) is 20.3 Å². The fourth-order valence-corrected chi connectivity index (χ4v) is 1.12. The third-order valence-electron chi connectivity index (χ3n) is 2.14. The minimum absolute atomic E-state index is 0.0130. The van der Waals surface area contributed by atoms with Gasteiger partial charge >= 0.3 is 0 Å². The van der Waals surface area contributed by atoms with Crippen LogP contribution in [0.2, 0.25) is 0 Å². The van der Waals surface area contributed by atoms with E-state index in [9.17, 15) is 0 Å². The van der Waals surface area contributed by atoms with Crippen molar-refractivity contribution in [2.45, 2.75) is 39.6 Å². The molecule has 0 aliphatic carbocycles. The topological polar surface area (TPSA) is 18.5 Å². The number of hydrogen-bond donors (Lipinski definition) is 0. The zero-order chi connectivity index (χ0) is 7.56. The molecule has 2 heteroatoms. The minimum atomic E-state index is 0.0130. The van der Waals surface area contributed by atoms with E-state index in [1.165, 1.54) is 6.42 Å². The van der Waals surface area contributed by atoms with Gasteiger partial charge in [-0.15, -0.1) is 0 Å². The van der Waals surface area contributed by atoms with E-state index in [-0.39, 0.29) is 6.29 Å². The lowest BCUT2D eigenvalue weighted by Crippen LogP contribution is -2.19. The Labute approximate surface area is 62.5 Å². The lowest BCUT2D eigenvalue weighted by molar-refractivity contribution is -0.0512. The Balaban J connectivity index is 2.29. The van der Waals surface area contributed by atoms with Crippen LogP contribution < -0.4 is 0 Å². The summed E-state index contributed by atoms with van der Waals surface area (Å²) < 4.78 is 10.8. The Morgan fingerprint density at radius 1 is 1.60 bits per heavy atom. The second-order valence-electron chi connectivity index (χ2n) is 2.96. The van der Waals surface area contributed by atoms with Crippen LogP contribution in [0.15, 0.2) is 0 Å². The molecule has 1 fully saturated rings. The fraction of sp³-hybridized carbons (Fsp3) is 1.00. The van der Waals surface area contributed by atoms with Crippen molar-refractivity contribution in [2.24, 2.45) is 5.92 Å². The van der Waals surface area contributed by atoms with Gasteiger partial charge in [0.25, 0.3) is 0 Å². The lowest BCUT2D eigenvalue weighted by atomic mass is 10.0. The third kappa shape index (κ3) is 1.70. The summed E-state index contributed by atoms with van der Waals surface area (Å²) in [6.45, 7) is 7.10. The lowest BCUT2D eigenvalue weighted by Gasteiger charge is -2.14. The van der Waals surface area contributed by atoms with Crippen molar-refractivity contribution >= 4 is 0 Å². The zero-order valence-electron chi connectivity index (χ0n) is 6.96. The summed E-state index contributed by atoms with van der Waals surface area (Å²) in [5.41, 5.74) is 0. The molecule has 3 unspecified atom stereocenters. The van der Waals surface area contributed by atoms with Crippen LogP contribution in [-0.4, -0.2) is 19.0 Å². The van der Waals surface area contributed by atoms with Crippen LogP contribution in [0, 0.1) is 5.92 Å². The molecule has 1 aliphatic rings. The van der Waals surface area contributed by atoms with E-state index < -0.39 is 0 Å². The molecular weight excluding hydrogens is 128 g/mol. The second-order valence-corrected chi connectivity index (χ2v) is 2.96. The maximum atomic E-state index is 5.49. The van der Waals surface area contributed by atoms with Gasteiger partial charge in [-0.2, -0.15) is 0 Å². The van der Waals surface area contributed by atoms with Gasteiger partial charge < -0.3 is 9.47 Å². The van der Waals surface area contributed by atoms with Crippen LogP contribution in [0.1, 0.15) is 27.2 Å². The van der Waals surface area contributed by atoms with Crippen molar-refractivity contribution < 1.29 is 9.47 Å². The summed E-state index contributed by atoms with van der Waals surface area (Å²) in [7, 11) is 0. The quantitative estimate of drug-likeness (QED) is 0.588. The van der Waals surface area contributed by atoms with Gasteiger partial charge in [0.05, 0.1) is 12.7 Å². The summed E-state index contributed by atoms with van der Waals surface area (Å²) in [6.07, 6.45) is 1.51. The maximum Gasteiger partial charge on any atom is 0.155 e. The molecule has 0 aromatic carbocycles. The normalized spacial score (nSPS) is 36.3. The highest BCUT2D eigenvalue weighted by atomic mass is 16.7. The summed E-state index contributed by atoms with van der Waals surface area (Å²) in [5, 5.41) is 0. The molecule has 0 spiro atoms. The summed E-state index contributed by atoms with van der Waals surface area (Å²) in [5.74, 6) is 0.630. The standard InChI is InChI=1S/C8H16O2/c1-4-6(2)8-5-9-7(3)10-8/h6-8H,4-5H2,1-3H3. The molecule has 0 amide bonds. The van der Waals surface area contributed by atoms with Crippen molar-refractivity contribution in [3.63, 3.8) is 0 Å². The largest absolute Gasteiger partial charge is 0.350 e. The molecule has 1 heterocycles. The van der Waals surface area contributed by atoms with E-state index in [2.05, 4.69) is 13.8 Å². The molecule has 0 bridgehead atoms. The highest BCUT2D eigenvalue weighted by molar-refractivity contribution is 4.68. The second kappa shape index (κ2) is 3.35. The van der Waals surface area contributed by atoms with Crippen molar-refractivity contribution in [3.05, 3.63) is 0 Å². The Morgan fingerprint density at radius 3 is 2.70 bits per heavy atom. The van der Waals surface area contributed by atoms with Crippen LogP contribution >= 0.6 is 0 Å². The SMILES string of the molecule is CCC(C)C1COC(C)O1. The summed E-state index contributed by atoms with van der Waals surface area (Å²) >= 11 is 0. The van der Waals surface area contributed by atoms with Crippen LogP contribution in [0.4, 0.5) is 0 Å². The van der Waals surface area contributed by atoms with Crippen molar-refractivity contribution in [1.29, 1.82) is 0 Å². The average Bonchev–Trinajstić information content (AvgIpc) is 2.34. The number of rotatable bonds is 2. The molecule has 1 saturated heterocycles. The monoisotopic (exact) mass is 144 g/mol. The van der Waals surface area contributed by atoms with E-state index in [0.717, 1.165) is 6.61 Å². The average molecular weight is 144 g/mol. The first-order valence-corrected chi connectivity index (χ1v) is 4.01. The van der Waals surface area contributed by atoms with Crippen LogP contribution in [0.5, 0.6) is 0 Å². The van der Waals surface area contributed by atoms with E-state index in [0.29, 0.717) is 12.0 Å². The molecule has 0 saturated carbocycles. The Bertz CT molecular complexity index is 103. The molecule has 0 radical (unpaired) electrons. The Kier molecular flexibility index (Phi) is 2.69. The van der Waals surface area contributed by atoms with Gasteiger partial charge in [0.2, 0.25) is 0 Å².